The van der Waals surface area contributed by atoms with Crippen LogP contribution in [0.3, 0.4) is 0 Å². The van der Waals surface area contributed by atoms with E-state index in [4.69, 9.17) is 9.84 Å². The zero-order chi connectivity index (χ0) is 14.2. The molecular formula is C13H23NO4. The first-order chi connectivity index (χ1) is 8.30. The lowest BCUT2D eigenvalue weighted by Gasteiger charge is -2.24. The maximum Gasteiger partial charge on any atom is 0.329 e. The van der Waals surface area contributed by atoms with Crippen molar-refractivity contribution in [3.8, 4) is 0 Å². The maximum absolute atomic E-state index is 11.8. The van der Waals surface area contributed by atoms with Crippen molar-refractivity contribution in [1.82, 2.24) is 5.32 Å². The monoisotopic (exact) mass is 257 g/mol. The number of rotatable bonds is 7. The van der Waals surface area contributed by atoms with Gasteiger partial charge in [-0.05, 0) is 27.2 Å². The van der Waals surface area contributed by atoms with Crippen LogP contribution in [-0.2, 0) is 14.3 Å². The van der Waals surface area contributed by atoms with Crippen LogP contribution >= 0.6 is 0 Å². The molecule has 1 amide bonds. The Morgan fingerprint density at radius 3 is 2.50 bits per heavy atom. The molecule has 0 aliphatic heterocycles. The number of esters is 1. The highest BCUT2D eigenvalue weighted by molar-refractivity contribution is 5.84. The van der Waals surface area contributed by atoms with Gasteiger partial charge in [0.2, 0.25) is 5.91 Å². The fourth-order valence-corrected chi connectivity index (χ4v) is 1.25. The number of amides is 1. The minimum Gasteiger partial charge on any atom is -0.458 e. The summed E-state index contributed by atoms with van der Waals surface area (Å²) in [6, 6.07) is -0.799. The van der Waals surface area contributed by atoms with E-state index in [0.717, 1.165) is 0 Å². The second kappa shape index (κ2) is 7.87. The highest BCUT2D eigenvalue weighted by atomic mass is 16.6. The van der Waals surface area contributed by atoms with Crippen LogP contribution < -0.4 is 5.32 Å². The number of ether oxygens (including phenoxy) is 1. The number of allylic oxidation sites excluding steroid dienone is 1. The Labute approximate surface area is 108 Å². The maximum atomic E-state index is 11.8. The molecule has 5 nitrogen and oxygen atoms in total. The summed E-state index contributed by atoms with van der Waals surface area (Å²) in [6.07, 6.45) is 2.60. The van der Waals surface area contributed by atoms with E-state index in [1.807, 2.05) is 0 Å². The molecule has 0 rings (SSSR count). The Kier molecular flexibility index (Phi) is 7.27. The summed E-state index contributed by atoms with van der Waals surface area (Å²) < 4.78 is 5.17. The highest BCUT2D eigenvalue weighted by Crippen LogP contribution is 2.10. The topological polar surface area (TPSA) is 75.6 Å². The van der Waals surface area contributed by atoms with E-state index in [1.54, 1.807) is 26.8 Å². The largest absolute Gasteiger partial charge is 0.458 e. The molecule has 0 radical (unpaired) electrons. The highest BCUT2D eigenvalue weighted by Gasteiger charge is 2.25. The summed E-state index contributed by atoms with van der Waals surface area (Å²) in [4.78, 5) is 23.3. The molecule has 0 bridgehead atoms. The second-order valence-corrected chi connectivity index (χ2v) is 4.99. The molecule has 0 spiro atoms. The van der Waals surface area contributed by atoms with Gasteiger partial charge in [0.15, 0.2) is 0 Å². The van der Waals surface area contributed by atoms with Gasteiger partial charge in [-0.1, -0.05) is 6.08 Å². The zero-order valence-corrected chi connectivity index (χ0v) is 11.4. The van der Waals surface area contributed by atoms with E-state index < -0.39 is 17.6 Å². The number of aliphatic hydroxyl groups is 1. The summed E-state index contributed by atoms with van der Waals surface area (Å²) in [5.74, 6) is -0.775. The van der Waals surface area contributed by atoms with E-state index in [-0.39, 0.29) is 25.4 Å². The van der Waals surface area contributed by atoms with Crippen LogP contribution in [0.5, 0.6) is 0 Å². The molecule has 1 unspecified atom stereocenters. The van der Waals surface area contributed by atoms with Gasteiger partial charge in [-0.3, -0.25) is 4.79 Å². The van der Waals surface area contributed by atoms with E-state index in [0.29, 0.717) is 6.42 Å². The molecule has 0 aliphatic carbocycles. The van der Waals surface area contributed by atoms with Gasteiger partial charge in [-0.15, -0.1) is 6.58 Å². The van der Waals surface area contributed by atoms with Gasteiger partial charge in [0.05, 0.1) is 0 Å². The smallest absolute Gasteiger partial charge is 0.329 e. The number of carbonyl (C=O) groups is 2. The van der Waals surface area contributed by atoms with Gasteiger partial charge in [-0.2, -0.15) is 0 Å². The van der Waals surface area contributed by atoms with Gasteiger partial charge < -0.3 is 15.2 Å². The van der Waals surface area contributed by atoms with Crippen molar-refractivity contribution in [3.05, 3.63) is 12.7 Å². The van der Waals surface area contributed by atoms with Crippen LogP contribution in [0.25, 0.3) is 0 Å². The predicted molar refractivity (Wildman–Crippen MR) is 68.9 cm³/mol. The third kappa shape index (κ3) is 7.84. The average molecular weight is 257 g/mol. The summed E-state index contributed by atoms with van der Waals surface area (Å²) in [5, 5.41) is 11.5. The molecular weight excluding hydrogens is 234 g/mol. The van der Waals surface area contributed by atoms with E-state index in [2.05, 4.69) is 11.9 Å². The van der Waals surface area contributed by atoms with Gasteiger partial charge in [0, 0.05) is 19.4 Å². The Balaban J connectivity index is 4.41. The average Bonchev–Trinajstić information content (AvgIpc) is 2.23. The lowest BCUT2D eigenvalue weighted by Crippen LogP contribution is -2.44. The molecule has 104 valence electrons. The molecule has 0 fully saturated rings. The van der Waals surface area contributed by atoms with Crippen molar-refractivity contribution in [1.29, 1.82) is 0 Å². The minimum absolute atomic E-state index is 0.148. The normalized spacial score (nSPS) is 12.7. The number of carbonyl (C=O) groups excluding carboxylic acids is 2. The van der Waals surface area contributed by atoms with Crippen molar-refractivity contribution in [2.45, 2.75) is 51.7 Å². The quantitative estimate of drug-likeness (QED) is 0.530. The lowest BCUT2D eigenvalue weighted by molar-refractivity contribution is -0.159. The number of aliphatic hydroxyl groups excluding tert-OH is 1. The Hall–Kier alpha value is -1.36. The molecule has 0 aromatic rings. The first kappa shape index (κ1) is 16.6. The lowest BCUT2D eigenvalue weighted by atomic mass is 10.1. The van der Waals surface area contributed by atoms with Gasteiger partial charge in [-0.25, -0.2) is 4.79 Å². The van der Waals surface area contributed by atoms with Crippen LogP contribution in [0.15, 0.2) is 12.7 Å². The van der Waals surface area contributed by atoms with E-state index >= 15 is 0 Å². The van der Waals surface area contributed by atoms with Crippen molar-refractivity contribution in [2.75, 3.05) is 6.61 Å². The Bertz CT molecular complexity index is 294. The zero-order valence-electron chi connectivity index (χ0n) is 11.4. The number of nitrogens with one attached hydrogen (secondary N) is 1. The fraction of sp³-hybridized carbons (Fsp3) is 0.692. The van der Waals surface area contributed by atoms with Crippen molar-refractivity contribution >= 4 is 11.9 Å². The standard InChI is InChI=1S/C13H23NO4/c1-5-6-7-11(16)14-10(8-9-15)12(17)18-13(2,3)4/h5,10,15H,1,6-9H2,2-4H3,(H,14,16). The SMILES string of the molecule is C=CCCC(=O)NC(CCO)C(=O)OC(C)(C)C. The van der Waals surface area contributed by atoms with Gasteiger partial charge in [0.1, 0.15) is 11.6 Å². The molecule has 0 aromatic carbocycles. The third-order valence-electron chi connectivity index (χ3n) is 2.02. The molecule has 18 heavy (non-hydrogen) atoms. The van der Waals surface area contributed by atoms with Crippen LogP contribution in [0.1, 0.15) is 40.0 Å². The first-order valence-corrected chi connectivity index (χ1v) is 6.04. The molecule has 2 N–H and O–H groups in total. The number of hydrogen-bond donors (Lipinski definition) is 2. The number of hydrogen-bond acceptors (Lipinski definition) is 4. The van der Waals surface area contributed by atoms with Gasteiger partial charge in [0.25, 0.3) is 0 Å². The molecule has 0 saturated heterocycles. The predicted octanol–water partition coefficient (Wildman–Crippen LogP) is 1.16. The molecule has 0 aromatic heterocycles. The van der Waals surface area contributed by atoms with Crippen molar-refractivity contribution < 1.29 is 19.4 Å². The van der Waals surface area contributed by atoms with Gasteiger partial charge >= 0.3 is 5.97 Å². The Morgan fingerprint density at radius 1 is 1.44 bits per heavy atom. The van der Waals surface area contributed by atoms with E-state index in [9.17, 15) is 9.59 Å². The first-order valence-electron chi connectivity index (χ1n) is 6.04. The molecule has 1 atom stereocenters. The van der Waals surface area contributed by atoms with Crippen LogP contribution in [0.2, 0.25) is 0 Å². The third-order valence-corrected chi connectivity index (χ3v) is 2.02. The van der Waals surface area contributed by atoms with Crippen LogP contribution in [0.4, 0.5) is 0 Å². The summed E-state index contributed by atoms with van der Waals surface area (Å²) in [7, 11) is 0. The molecule has 0 aliphatic rings. The molecule has 0 heterocycles. The Morgan fingerprint density at radius 2 is 2.06 bits per heavy atom. The second-order valence-electron chi connectivity index (χ2n) is 4.99. The van der Waals surface area contributed by atoms with Crippen molar-refractivity contribution in [3.63, 3.8) is 0 Å². The van der Waals surface area contributed by atoms with Crippen LogP contribution in [-0.4, -0.2) is 35.2 Å². The van der Waals surface area contributed by atoms with Crippen LogP contribution in [0, 0.1) is 0 Å². The molecule has 5 heteroatoms. The summed E-state index contributed by atoms with van der Waals surface area (Å²) in [6.45, 7) is 8.58. The summed E-state index contributed by atoms with van der Waals surface area (Å²) in [5.41, 5.74) is -0.614. The summed E-state index contributed by atoms with van der Waals surface area (Å²) >= 11 is 0. The molecule has 0 saturated carbocycles. The van der Waals surface area contributed by atoms with Crippen molar-refractivity contribution in [2.24, 2.45) is 0 Å². The fourth-order valence-electron chi connectivity index (χ4n) is 1.25. The minimum atomic E-state index is -0.799. The van der Waals surface area contributed by atoms with E-state index in [1.165, 1.54) is 0 Å².